The molecule has 2 aliphatic heterocycles. The van der Waals surface area contributed by atoms with Crippen LogP contribution in [0.3, 0.4) is 0 Å². The van der Waals surface area contributed by atoms with Crippen molar-refractivity contribution in [1.82, 2.24) is 34.6 Å². The molecule has 55 heavy (non-hydrogen) atoms. The van der Waals surface area contributed by atoms with Crippen LogP contribution in [0.15, 0.2) is 42.6 Å². The number of fused-ring (bicyclic) bond motifs is 1. The molecule has 0 unspecified atom stereocenters. The van der Waals surface area contributed by atoms with Gasteiger partial charge in [-0.25, -0.2) is 14.8 Å². The summed E-state index contributed by atoms with van der Waals surface area (Å²) in [5.41, 5.74) is 3.96. The van der Waals surface area contributed by atoms with Crippen molar-refractivity contribution in [3.05, 3.63) is 75.4 Å². The molecule has 1 aromatic carbocycles. The highest BCUT2D eigenvalue weighted by Crippen LogP contribution is 2.40. The maximum Gasteiger partial charge on any atom is 0.410 e. The molecule has 1 atom stereocenters. The molecule has 1 fully saturated rings. The molecule has 0 aliphatic carbocycles. The van der Waals surface area contributed by atoms with Crippen LogP contribution in [0.4, 0.5) is 14.9 Å². The summed E-state index contributed by atoms with van der Waals surface area (Å²) in [6.07, 6.45) is 3.23. The maximum atomic E-state index is 13.5. The number of carbonyl (C=O) groups excluding carboxylic acids is 3. The first-order chi connectivity index (χ1) is 26.3. The number of halogens is 3. The molecule has 1 saturated heterocycles. The number of ether oxygens (including phenoxy) is 2. The number of methoxy groups -OCH3 is 1. The van der Waals surface area contributed by atoms with Crippen molar-refractivity contribution in [3.63, 3.8) is 0 Å². The summed E-state index contributed by atoms with van der Waals surface area (Å²) in [7, 11) is 3.30. The molecule has 3 amide bonds. The van der Waals surface area contributed by atoms with E-state index in [1.807, 2.05) is 6.07 Å². The van der Waals surface area contributed by atoms with Gasteiger partial charge in [-0.15, -0.1) is 0 Å². The van der Waals surface area contributed by atoms with Gasteiger partial charge in [0.05, 0.1) is 58.8 Å². The summed E-state index contributed by atoms with van der Waals surface area (Å²) in [4.78, 5) is 56.3. The van der Waals surface area contributed by atoms with Gasteiger partial charge in [0.25, 0.3) is 5.91 Å². The van der Waals surface area contributed by atoms with Crippen LogP contribution >= 0.6 is 23.2 Å². The zero-order valence-corrected chi connectivity index (χ0v) is 33.1. The van der Waals surface area contributed by atoms with Crippen LogP contribution in [0.25, 0.3) is 22.5 Å². The number of nitrogens with zero attached hydrogens (tertiary/aromatic N) is 6. The van der Waals surface area contributed by atoms with E-state index in [1.54, 1.807) is 73.8 Å². The number of amides is 3. The Hall–Kier alpha value is -4.79. The number of hydrogen-bond acceptors (Lipinski definition) is 9. The van der Waals surface area contributed by atoms with E-state index in [9.17, 15) is 18.8 Å². The van der Waals surface area contributed by atoms with Crippen LogP contribution in [-0.4, -0.2) is 92.3 Å². The minimum absolute atomic E-state index is 0.0490. The average Bonchev–Trinajstić information content (AvgIpc) is 3.72. The third-order valence-corrected chi connectivity index (χ3v) is 10.3. The van der Waals surface area contributed by atoms with Crippen molar-refractivity contribution in [2.45, 2.75) is 71.2 Å². The number of carbonyl (C=O) groups is 3. The standard InChI is InChI=1S/C39H45Cl2FN8O5/c1-39(2,3)55-38(53)50(21-24-11-13-31(51)44-24)20-23-10-12-27(47-37(23)54-5)25-14-17-43-34(33(25)41)26-8-6-9-29(32(26)40)46-36(52)35-45-28-15-19-49(18-7-16-42)22-30(28)48(35)4/h6,8-10,12,14,17,24H,7,11,13,15-16,18-22H2,1-5H3,(H,44,51)(H,46,52)/t24-/m0/s1. The van der Waals surface area contributed by atoms with Gasteiger partial charge >= 0.3 is 6.09 Å². The van der Waals surface area contributed by atoms with E-state index in [-0.39, 0.29) is 53.5 Å². The molecule has 6 rings (SSSR count). The molecule has 0 saturated carbocycles. The number of imidazole rings is 1. The highest BCUT2D eigenvalue weighted by molar-refractivity contribution is 6.39. The Morgan fingerprint density at radius 3 is 2.60 bits per heavy atom. The summed E-state index contributed by atoms with van der Waals surface area (Å²) in [6, 6.07) is 10.3. The molecule has 5 heterocycles. The second kappa shape index (κ2) is 16.9. The normalized spacial score (nSPS) is 15.7. The quantitative estimate of drug-likeness (QED) is 0.158. The van der Waals surface area contributed by atoms with E-state index >= 15 is 0 Å². The van der Waals surface area contributed by atoms with Gasteiger partial charge in [-0.1, -0.05) is 35.3 Å². The molecule has 0 bridgehead atoms. The third kappa shape index (κ3) is 9.20. The second-order valence-electron chi connectivity index (χ2n) is 14.6. The Morgan fingerprint density at radius 2 is 1.89 bits per heavy atom. The molecule has 3 aromatic heterocycles. The topological polar surface area (TPSA) is 144 Å². The minimum Gasteiger partial charge on any atom is -0.481 e. The molecular weight excluding hydrogens is 750 g/mol. The predicted octanol–water partition coefficient (Wildman–Crippen LogP) is 6.85. The number of hydrogen-bond donors (Lipinski definition) is 2. The summed E-state index contributed by atoms with van der Waals surface area (Å²) < 4.78 is 25.9. The van der Waals surface area contributed by atoms with Crippen molar-refractivity contribution < 1.29 is 28.2 Å². The average molecular weight is 796 g/mol. The van der Waals surface area contributed by atoms with Crippen molar-refractivity contribution in [2.75, 3.05) is 38.7 Å². The number of aromatic nitrogens is 4. The van der Waals surface area contributed by atoms with Gasteiger partial charge in [-0.3, -0.25) is 23.9 Å². The van der Waals surface area contributed by atoms with E-state index < -0.39 is 17.6 Å². The Balaban J connectivity index is 1.23. The Kier molecular flexibility index (Phi) is 12.3. The van der Waals surface area contributed by atoms with Crippen LogP contribution in [0.2, 0.25) is 10.0 Å². The van der Waals surface area contributed by atoms with E-state index in [0.717, 1.165) is 17.9 Å². The Bertz CT molecular complexity index is 2090. The first kappa shape index (κ1) is 39.9. The SMILES string of the molecule is COc1nc(-c2ccnc(-c3cccc(NC(=O)c4nc5c(n4C)CN(CCCF)CC5)c3Cl)c2Cl)ccc1CN(C[C@@H]1CCC(=O)N1)C(=O)OC(C)(C)C. The van der Waals surface area contributed by atoms with E-state index in [4.69, 9.17) is 37.7 Å². The Morgan fingerprint density at radius 1 is 1.09 bits per heavy atom. The van der Waals surface area contributed by atoms with Gasteiger partial charge in [0.15, 0.2) is 5.82 Å². The molecule has 16 heteroatoms. The number of alkyl halides is 1. The lowest BCUT2D eigenvalue weighted by Gasteiger charge is -2.29. The fraction of sp³-hybridized carbons (Fsp3) is 0.436. The van der Waals surface area contributed by atoms with E-state index in [0.29, 0.717) is 72.5 Å². The van der Waals surface area contributed by atoms with E-state index in [2.05, 4.69) is 25.5 Å². The number of nitrogens with one attached hydrogen (secondary N) is 2. The first-order valence-electron chi connectivity index (χ1n) is 18.1. The largest absolute Gasteiger partial charge is 0.481 e. The molecule has 2 aliphatic rings. The van der Waals surface area contributed by atoms with Crippen molar-refractivity contribution in [1.29, 1.82) is 0 Å². The maximum absolute atomic E-state index is 13.5. The number of rotatable bonds is 12. The van der Waals surface area contributed by atoms with Crippen LogP contribution in [0, 0.1) is 0 Å². The fourth-order valence-electron chi connectivity index (χ4n) is 6.77. The summed E-state index contributed by atoms with van der Waals surface area (Å²) in [6.45, 7) is 7.41. The number of anilines is 1. The smallest absolute Gasteiger partial charge is 0.410 e. The lowest BCUT2D eigenvalue weighted by atomic mass is 10.1. The molecule has 292 valence electrons. The third-order valence-electron chi connectivity index (χ3n) is 9.48. The van der Waals surface area contributed by atoms with Crippen LogP contribution in [-0.2, 0) is 36.1 Å². The Labute approximate surface area is 329 Å². The highest BCUT2D eigenvalue weighted by atomic mass is 35.5. The first-order valence-corrected chi connectivity index (χ1v) is 18.9. The molecule has 13 nitrogen and oxygen atoms in total. The summed E-state index contributed by atoms with van der Waals surface area (Å²) in [5, 5.41) is 6.33. The highest BCUT2D eigenvalue weighted by Gasteiger charge is 2.30. The van der Waals surface area contributed by atoms with Crippen LogP contribution in [0.1, 0.15) is 67.6 Å². The summed E-state index contributed by atoms with van der Waals surface area (Å²) >= 11 is 14.0. The van der Waals surface area contributed by atoms with Crippen molar-refractivity contribution in [3.8, 4) is 28.4 Å². The lowest BCUT2D eigenvalue weighted by Crippen LogP contribution is -2.43. The van der Waals surface area contributed by atoms with Crippen LogP contribution < -0.4 is 15.4 Å². The van der Waals surface area contributed by atoms with E-state index in [1.165, 1.54) is 7.11 Å². The molecular formula is C39H45Cl2FN8O5. The predicted molar refractivity (Wildman–Crippen MR) is 208 cm³/mol. The summed E-state index contributed by atoms with van der Waals surface area (Å²) in [5.74, 6) is 0.0581. The zero-order chi connectivity index (χ0) is 39.4. The zero-order valence-electron chi connectivity index (χ0n) is 31.5. The van der Waals surface area contributed by atoms with Gasteiger partial charge in [0.2, 0.25) is 11.8 Å². The van der Waals surface area contributed by atoms with Gasteiger partial charge in [0.1, 0.15) is 5.60 Å². The fourth-order valence-corrected chi connectivity index (χ4v) is 7.34. The molecule has 4 aromatic rings. The van der Waals surface area contributed by atoms with Gasteiger partial charge < -0.3 is 29.6 Å². The number of benzene rings is 1. The lowest BCUT2D eigenvalue weighted by molar-refractivity contribution is -0.119. The van der Waals surface area contributed by atoms with Gasteiger partial charge in [0, 0.05) is 75.0 Å². The van der Waals surface area contributed by atoms with Crippen molar-refractivity contribution in [2.24, 2.45) is 7.05 Å². The second-order valence-corrected chi connectivity index (χ2v) is 15.4. The number of pyridine rings is 2. The molecule has 0 spiro atoms. The minimum atomic E-state index is -0.718. The van der Waals surface area contributed by atoms with Crippen molar-refractivity contribution >= 4 is 46.8 Å². The molecule has 0 radical (unpaired) electrons. The van der Waals surface area contributed by atoms with Gasteiger partial charge in [-0.2, -0.15) is 0 Å². The van der Waals surface area contributed by atoms with Crippen LogP contribution in [0.5, 0.6) is 5.88 Å². The monoisotopic (exact) mass is 794 g/mol. The van der Waals surface area contributed by atoms with Gasteiger partial charge in [-0.05, 0) is 57.9 Å². The molecule has 2 N–H and O–H groups in total.